The first-order valence-corrected chi connectivity index (χ1v) is 12.5. The van der Waals surface area contributed by atoms with Crippen LogP contribution in [-0.4, -0.2) is 45.9 Å². The molecule has 7 nitrogen and oxygen atoms in total. The third-order valence-corrected chi connectivity index (χ3v) is 7.28. The van der Waals surface area contributed by atoms with Gasteiger partial charge in [0.15, 0.2) is 5.69 Å². The van der Waals surface area contributed by atoms with Crippen LogP contribution >= 0.6 is 0 Å². The second-order valence-electron chi connectivity index (χ2n) is 9.67. The Labute approximate surface area is 210 Å². The summed E-state index contributed by atoms with van der Waals surface area (Å²) in [6.07, 6.45) is 2.73. The standard InChI is InChI=1S/C28H31FN4O3/c1-19(20-5-3-2-4-6-20)15-30-27(34)22-11-13-32(14-12-22)28(35)26-24-17-36-25(16-33(24)18-31-26)21-7-9-23(29)10-8-21/h2-10,18-19,22,25H,11-17H2,1H3,(H,30,34)/t19-,25-/m0/s1. The number of imidazole rings is 1. The SMILES string of the molecule is C[C@@H](CNC(=O)C1CCN(C(=O)c2ncn3c2CO[C@H](c2ccc(F)cc2)C3)CC1)c1ccccc1. The lowest BCUT2D eigenvalue weighted by Crippen LogP contribution is -2.44. The zero-order valence-electron chi connectivity index (χ0n) is 20.4. The molecule has 0 saturated carbocycles. The van der Waals surface area contributed by atoms with Gasteiger partial charge in [-0.1, -0.05) is 49.4 Å². The van der Waals surface area contributed by atoms with Crippen LogP contribution in [0.1, 0.15) is 59.1 Å². The molecule has 0 aliphatic carbocycles. The molecule has 3 aromatic rings. The first-order valence-electron chi connectivity index (χ1n) is 12.5. The Morgan fingerprint density at radius 2 is 1.83 bits per heavy atom. The average Bonchev–Trinajstić information content (AvgIpc) is 3.35. The van der Waals surface area contributed by atoms with Gasteiger partial charge < -0.3 is 19.5 Å². The van der Waals surface area contributed by atoms with E-state index in [2.05, 4.69) is 29.4 Å². The number of amides is 2. The van der Waals surface area contributed by atoms with E-state index in [9.17, 15) is 14.0 Å². The molecule has 2 aliphatic heterocycles. The summed E-state index contributed by atoms with van der Waals surface area (Å²) in [4.78, 5) is 32.1. The molecule has 36 heavy (non-hydrogen) atoms. The van der Waals surface area contributed by atoms with Gasteiger partial charge in [-0.15, -0.1) is 0 Å². The van der Waals surface area contributed by atoms with Crippen molar-refractivity contribution in [2.75, 3.05) is 19.6 Å². The van der Waals surface area contributed by atoms with E-state index in [1.807, 2.05) is 22.8 Å². The van der Waals surface area contributed by atoms with Crippen LogP contribution in [0.2, 0.25) is 0 Å². The fourth-order valence-corrected chi connectivity index (χ4v) is 4.98. The summed E-state index contributed by atoms with van der Waals surface area (Å²) in [5.41, 5.74) is 3.26. The zero-order valence-corrected chi connectivity index (χ0v) is 20.4. The number of carbonyl (C=O) groups is 2. The number of piperidine rings is 1. The van der Waals surface area contributed by atoms with Crippen molar-refractivity contribution in [3.8, 4) is 0 Å². The van der Waals surface area contributed by atoms with Crippen LogP contribution in [0.4, 0.5) is 4.39 Å². The van der Waals surface area contributed by atoms with E-state index in [-0.39, 0.29) is 42.2 Å². The highest BCUT2D eigenvalue weighted by atomic mass is 19.1. The van der Waals surface area contributed by atoms with Gasteiger partial charge in [-0.3, -0.25) is 9.59 Å². The van der Waals surface area contributed by atoms with Gasteiger partial charge in [-0.25, -0.2) is 9.37 Å². The molecule has 2 amide bonds. The molecule has 1 fully saturated rings. The van der Waals surface area contributed by atoms with E-state index in [4.69, 9.17) is 4.74 Å². The van der Waals surface area contributed by atoms with E-state index < -0.39 is 0 Å². The predicted octanol–water partition coefficient (Wildman–Crippen LogP) is 4.07. The van der Waals surface area contributed by atoms with Crippen molar-refractivity contribution in [1.82, 2.24) is 19.8 Å². The number of benzene rings is 2. The lowest BCUT2D eigenvalue weighted by molar-refractivity contribution is -0.126. The van der Waals surface area contributed by atoms with Crippen LogP contribution in [0, 0.1) is 11.7 Å². The monoisotopic (exact) mass is 490 g/mol. The number of rotatable bonds is 6. The molecular weight excluding hydrogens is 459 g/mol. The minimum atomic E-state index is -0.284. The minimum Gasteiger partial charge on any atom is -0.365 e. The van der Waals surface area contributed by atoms with Crippen LogP contribution in [0.5, 0.6) is 0 Å². The molecule has 1 saturated heterocycles. The zero-order chi connectivity index (χ0) is 25.1. The quantitative estimate of drug-likeness (QED) is 0.565. The number of nitrogens with one attached hydrogen (secondary N) is 1. The molecular formula is C28H31FN4O3. The molecule has 0 bridgehead atoms. The summed E-state index contributed by atoms with van der Waals surface area (Å²) in [6.45, 7) is 4.54. The van der Waals surface area contributed by atoms with Crippen LogP contribution < -0.4 is 5.32 Å². The highest BCUT2D eigenvalue weighted by molar-refractivity contribution is 5.93. The van der Waals surface area contributed by atoms with Crippen molar-refractivity contribution >= 4 is 11.8 Å². The van der Waals surface area contributed by atoms with Gasteiger partial charge in [0, 0.05) is 25.6 Å². The van der Waals surface area contributed by atoms with Gasteiger partial charge in [0.25, 0.3) is 5.91 Å². The number of ether oxygens (including phenoxy) is 1. The van der Waals surface area contributed by atoms with Crippen LogP contribution in [0.25, 0.3) is 0 Å². The van der Waals surface area contributed by atoms with E-state index in [0.717, 1.165) is 11.3 Å². The highest BCUT2D eigenvalue weighted by Crippen LogP contribution is 2.29. The number of nitrogens with zero attached hydrogens (tertiary/aromatic N) is 3. The van der Waals surface area contributed by atoms with E-state index in [0.29, 0.717) is 44.7 Å². The lowest BCUT2D eigenvalue weighted by Gasteiger charge is -2.32. The number of hydrogen-bond acceptors (Lipinski definition) is 4. The molecule has 1 N–H and O–H groups in total. The maximum Gasteiger partial charge on any atom is 0.274 e. The molecule has 0 unspecified atom stereocenters. The summed E-state index contributed by atoms with van der Waals surface area (Å²) in [7, 11) is 0. The Hall–Kier alpha value is -3.52. The van der Waals surface area contributed by atoms with Crippen LogP contribution in [0.15, 0.2) is 60.9 Å². The maximum absolute atomic E-state index is 13.2. The van der Waals surface area contributed by atoms with Crippen molar-refractivity contribution in [3.05, 3.63) is 89.3 Å². The molecule has 0 radical (unpaired) electrons. The number of halogens is 1. The van der Waals surface area contributed by atoms with Gasteiger partial charge in [-0.05, 0) is 42.0 Å². The molecule has 8 heteroatoms. The fourth-order valence-electron chi connectivity index (χ4n) is 4.98. The topological polar surface area (TPSA) is 76.5 Å². The van der Waals surface area contributed by atoms with E-state index >= 15 is 0 Å². The van der Waals surface area contributed by atoms with E-state index in [1.165, 1.54) is 17.7 Å². The molecule has 2 atom stereocenters. The highest BCUT2D eigenvalue weighted by Gasteiger charge is 2.32. The lowest BCUT2D eigenvalue weighted by atomic mass is 9.95. The largest absolute Gasteiger partial charge is 0.365 e. The molecule has 2 aliphatic rings. The Morgan fingerprint density at radius 3 is 2.56 bits per heavy atom. The van der Waals surface area contributed by atoms with Gasteiger partial charge in [-0.2, -0.15) is 0 Å². The van der Waals surface area contributed by atoms with E-state index in [1.54, 1.807) is 23.4 Å². The molecule has 5 rings (SSSR count). The Kier molecular flexibility index (Phi) is 7.13. The Morgan fingerprint density at radius 1 is 1.11 bits per heavy atom. The number of carbonyl (C=O) groups excluding carboxylic acids is 2. The molecule has 2 aromatic carbocycles. The van der Waals surface area contributed by atoms with Crippen molar-refractivity contribution in [3.63, 3.8) is 0 Å². The summed E-state index contributed by atoms with van der Waals surface area (Å²) < 4.78 is 21.2. The molecule has 188 valence electrons. The summed E-state index contributed by atoms with van der Waals surface area (Å²) in [6, 6.07) is 16.4. The predicted molar refractivity (Wildman–Crippen MR) is 133 cm³/mol. The normalized spacial score (nSPS) is 18.9. The Bertz CT molecular complexity index is 1200. The summed E-state index contributed by atoms with van der Waals surface area (Å²) in [5, 5.41) is 3.09. The van der Waals surface area contributed by atoms with Crippen molar-refractivity contribution in [1.29, 1.82) is 0 Å². The molecule has 1 aromatic heterocycles. The second-order valence-corrected chi connectivity index (χ2v) is 9.67. The third kappa shape index (κ3) is 5.18. The van der Waals surface area contributed by atoms with Gasteiger partial charge in [0.2, 0.25) is 5.91 Å². The fraction of sp³-hybridized carbons (Fsp3) is 0.393. The minimum absolute atomic E-state index is 0.0597. The van der Waals surface area contributed by atoms with Gasteiger partial charge >= 0.3 is 0 Å². The first kappa shape index (κ1) is 24.2. The number of aromatic nitrogens is 2. The van der Waals surface area contributed by atoms with Crippen LogP contribution in [-0.2, 0) is 22.7 Å². The molecule has 3 heterocycles. The first-order chi connectivity index (χ1) is 17.5. The van der Waals surface area contributed by atoms with Crippen LogP contribution in [0.3, 0.4) is 0 Å². The number of hydrogen-bond donors (Lipinski definition) is 1. The second kappa shape index (κ2) is 10.6. The van der Waals surface area contributed by atoms with Gasteiger partial charge in [0.05, 0.1) is 25.2 Å². The third-order valence-electron chi connectivity index (χ3n) is 7.28. The summed E-state index contributed by atoms with van der Waals surface area (Å²) in [5.74, 6) is -0.191. The maximum atomic E-state index is 13.2. The van der Waals surface area contributed by atoms with Crippen molar-refractivity contribution in [2.24, 2.45) is 5.92 Å². The smallest absolute Gasteiger partial charge is 0.274 e. The summed E-state index contributed by atoms with van der Waals surface area (Å²) >= 11 is 0. The number of likely N-dealkylation sites (tertiary alicyclic amines) is 1. The molecule has 0 spiro atoms. The average molecular weight is 491 g/mol. The van der Waals surface area contributed by atoms with Gasteiger partial charge in [0.1, 0.15) is 11.9 Å². The van der Waals surface area contributed by atoms with Crippen molar-refractivity contribution in [2.45, 2.75) is 44.9 Å². The van der Waals surface area contributed by atoms with Crippen molar-refractivity contribution < 1.29 is 18.7 Å². The number of fused-ring (bicyclic) bond motifs is 1. The Balaban J connectivity index is 1.13.